The third kappa shape index (κ3) is 10.4. The Morgan fingerprint density at radius 1 is 0.905 bits per heavy atom. The number of unbranched alkanes of at least 4 members (excludes halogenated alkanes) is 1. The fraction of sp³-hybridized carbons (Fsp3) is 0.486. The van der Waals surface area contributed by atoms with Gasteiger partial charge in [0, 0.05) is 43.1 Å². The van der Waals surface area contributed by atoms with E-state index in [1.54, 1.807) is 30.3 Å². The minimum absolute atomic E-state index is 0.0642. The number of allylic oxidation sites excluding steroid dienone is 2. The second-order valence-electron chi connectivity index (χ2n) is 10.6. The Kier molecular flexibility index (Phi) is 15.5. The molecule has 1 atom stereocenters. The average Bonchev–Trinajstić information content (AvgIpc) is 3.03. The summed E-state index contributed by atoms with van der Waals surface area (Å²) in [5.74, 6) is 0.755. The predicted molar refractivity (Wildman–Crippen MR) is 170 cm³/mol. The highest BCUT2D eigenvalue weighted by Gasteiger charge is 2.20. The van der Waals surface area contributed by atoms with Crippen molar-refractivity contribution >= 4 is 22.9 Å². The molecule has 2 aromatic carbocycles. The molecule has 1 unspecified atom stereocenters. The summed E-state index contributed by atoms with van der Waals surface area (Å²) in [5, 5.41) is 31.8. The van der Waals surface area contributed by atoms with Crippen molar-refractivity contribution in [1.29, 1.82) is 15.8 Å². The van der Waals surface area contributed by atoms with E-state index in [1.165, 1.54) is 6.42 Å². The van der Waals surface area contributed by atoms with Gasteiger partial charge in [-0.2, -0.15) is 15.8 Å². The maximum atomic E-state index is 13.2. The number of rotatable bonds is 18. The van der Waals surface area contributed by atoms with Gasteiger partial charge < -0.3 is 15.0 Å². The number of hydrogen-bond acceptors (Lipinski definition) is 6. The molecule has 0 spiro atoms. The van der Waals surface area contributed by atoms with Crippen LogP contribution in [-0.4, -0.2) is 32.2 Å². The van der Waals surface area contributed by atoms with E-state index in [9.17, 15) is 20.6 Å². The van der Waals surface area contributed by atoms with Crippen LogP contribution in [0.1, 0.15) is 88.6 Å². The topological polar surface area (TPSA) is 113 Å². The zero-order valence-corrected chi connectivity index (χ0v) is 25.7. The molecule has 2 rings (SSSR count). The lowest BCUT2D eigenvalue weighted by Crippen LogP contribution is -2.31. The summed E-state index contributed by atoms with van der Waals surface area (Å²) in [6.45, 7) is 11.9. The number of ether oxygens (including phenoxy) is 1. The maximum absolute atomic E-state index is 13.2. The molecule has 222 valence electrons. The SMILES string of the molecule is CCCCC(CC)CN(CCCOCC(CC)CC)c1ccc(C(C#N)=C(C#N)C#N)c(NC(=O)c2ccccc2)c1. The second-order valence-corrected chi connectivity index (χ2v) is 10.6. The van der Waals surface area contributed by atoms with Gasteiger partial charge in [-0.25, -0.2) is 0 Å². The average molecular weight is 568 g/mol. The molecule has 0 aliphatic carbocycles. The highest BCUT2D eigenvalue weighted by molar-refractivity contribution is 6.06. The Labute approximate surface area is 252 Å². The van der Waals surface area contributed by atoms with Gasteiger partial charge in [0.05, 0.1) is 11.3 Å². The molecular weight excluding hydrogens is 522 g/mol. The summed E-state index contributed by atoms with van der Waals surface area (Å²) in [7, 11) is 0. The number of nitrogens with zero attached hydrogens (tertiary/aromatic N) is 4. The number of benzene rings is 2. The van der Waals surface area contributed by atoms with Gasteiger partial charge in [0.15, 0.2) is 0 Å². The van der Waals surface area contributed by atoms with E-state index in [4.69, 9.17) is 4.74 Å². The first-order chi connectivity index (χ1) is 20.5. The Balaban J connectivity index is 2.47. The number of carbonyl (C=O) groups excluding carboxylic acids is 1. The van der Waals surface area contributed by atoms with Crippen LogP contribution in [0, 0.1) is 45.8 Å². The lowest BCUT2D eigenvalue weighted by Gasteiger charge is -2.30. The molecule has 1 amide bonds. The van der Waals surface area contributed by atoms with Crippen LogP contribution in [0.3, 0.4) is 0 Å². The first-order valence-corrected chi connectivity index (χ1v) is 15.2. The smallest absolute Gasteiger partial charge is 0.255 e. The highest BCUT2D eigenvalue weighted by Crippen LogP contribution is 2.32. The minimum Gasteiger partial charge on any atom is -0.381 e. The molecule has 7 heteroatoms. The molecule has 0 heterocycles. The Morgan fingerprint density at radius 2 is 1.60 bits per heavy atom. The van der Waals surface area contributed by atoms with Crippen molar-refractivity contribution in [3.8, 4) is 18.2 Å². The second kappa shape index (κ2) is 19.1. The molecule has 0 radical (unpaired) electrons. The van der Waals surface area contributed by atoms with E-state index in [-0.39, 0.29) is 17.1 Å². The van der Waals surface area contributed by atoms with Crippen molar-refractivity contribution < 1.29 is 9.53 Å². The zero-order valence-electron chi connectivity index (χ0n) is 25.7. The van der Waals surface area contributed by atoms with Crippen LogP contribution in [0.5, 0.6) is 0 Å². The summed E-state index contributed by atoms with van der Waals surface area (Å²) in [6.07, 6.45) is 7.60. The molecule has 0 aromatic heterocycles. The molecular formula is C35H45N5O2. The minimum atomic E-state index is -0.336. The van der Waals surface area contributed by atoms with Crippen molar-refractivity contribution in [3.63, 3.8) is 0 Å². The van der Waals surface area contributed by atoms with E-state index in [1.807, 2.05) is 36.4 Å². The van der Waals surface area contributed by atoms with Gasteiger partial charge in [-0.1, -0.05) is 78.0 Å². The molecule has 0 aliphatic heterocycles. The number of nitrogens with one attached hydrogen (secondary N) is 1. The van der Waals surface area contributed by atoms with Crippen molar-refractivity contribution in [2.45, 2.75) is 72.6 Å². The zero-order chi connectivity index (χ0) is 30.7. The summed E-state index contributed by atoms with van der Waals surface area (Å²) < 4.78 is 6.01. The third-order valence-corrected chi connectivity index (χ3v) is 7.75. The Hall–Kier alpha value is -4.12. The lowest BCUT2D eigenvalue weighted by atomic mass is 9.97. The van der Waals surface area contributed by atoms with E-state index in [2.05, 4.69) is 37.9 Å². The van der Waals surface area contributed by atoms with Crippen LogP contribution in [0.25, 0.3) is 5.57 Å². The summed E-state index contributed by atoms with van der Waals surface area (Å²) in [6, 6.07) is 20.0. The molecule has 0 bridgehead atoms. The van der Waals surface area contributed by atoms with E-state index in [0.717, 1.165) is 63.9 Å². The van der Waals surface area contributed by atoms with Gasteiger partial charge in [-0.15, -0.1) is 0 Å². The Bertz CT molecular complexity index is 1260. The van der Waals surface area contributed by atoms with Gasteiger partial charge >= 0.3 is 0 Å². The molecule has 0 saturated heterocycles. The summed E-state index contributed by atoms with van der Waals surface area (Å²) in [5.41, 5.74) is 1.75. The van der Waals surface area contributed by atoms with Crippen LogP contribution in [0.4, 0.5) is 11.4 Å². The first-order valence-electron chi connectivity index (χ1n) is 15.2. The molecule has 0 aliphatic rings. The largest absolute Gasteiger partial charge is 0.381 e. The van der Waals surface area contributed by atoms with Gasteiger partial charge in [0.1, 0.15) is 23.8 Å². The number of anilines is 2. The lowest BCUT2D eigenvalue weighted by molar-refractivity contribution is 0.0954. The number of nitriles is 3. The maximum Gasteiger partial charge on any atom is 0.255 e. The van der Waals surface area contributed by atoms with Crippen LogP contribution in [0.15, 0.2) is 54.1 Å². The molecule has 1 N–H and O–H groups in total. The van der Waals surface area contributed by atoms with Crippen LogP contribution in [-0.2, 0) is 4.74 Å². The van der Waals surface area contributed by atoms with Crippen LogP contribution < -0.4 is 10.2 Å². The van der Waals surface area contributed by atoms with Gasteiger partial charge in [-0.05, 0) is 55.0 Å². The standard InChI is InChI=1S/C35H45N5O2/c1-5-9-14-28(8-4)25-40(19-13-20-42-26-27(6-2)7-3)31-17-18-32(33(24-38)30(22-36)23-37)34(21-31)39-35(41)29-15-11-10-12-16-29/h10-12,15-18,21,27-28H,5-9,13-14,19-20,25-26H2,1-4H3,(H,39,41). The first kappa shape index (κ1) is 34.1. The van der Waals surface area contributed by atoms with Gasteiger partial charge in [0.25, 0.3) is 5.91 Å². The molecule has 42 heavy (non-hydrogen) atoms. The normalized spacial score (nSPS) is 11.2. The summed E-state index contributed by atoms with van der Waals surface area (Å²) >= 11 is 0. The number of amides is 1. The van der Waals surface area contributed by atoms with Gasteiger partial charge in [0.2, 0.25) is 0 Å². The summed E-state index contributed by atoms with van der Waals surface area (Å²) in [4.78, 5) is 15.5. The van der Waals surface area contributed by atoms with E-state index in [0.29, 0.717) is 35.3 Å². The molecule has 2 aromatic rings. The number of hydrogen-bond donors (Lipinski definition) is 1. The van der Waals surface area contributed by atoms with Crippen LogP contribution >= 0.6 is 0 Å². The van der Waals surface area contributed by atoms with E-state index < -0.39 is 0 Å². The fourth-order valence-corrected chi connectivity index (χ4v) is 4.91. The quantitative estimate of drug-likeness (QED) is 0.144. The van der Waals surface area contributed by atoms with Crippen molar-refractivity contribution in [2.24, 2.45) is 11.8 Å². The van der Waals surface area contributed by atoms with Crippen LogP contribution in [0.2, 0.25) is 0 Å². The molecule has 0 fully saturated rings. The fourth-order valence-electron chi connectivity index (χ4n) is 4.91. The molecule has 0 saturated carbocycles. The van der Waals surface area contributed by atoms with Crippen molar-refractivity contribution in [1.82, 2.24) is 0 Å². The number of carbonyl (C=O) groups is 1. The van der Waals surface area contributed by atoms with Crippen molar-refractivity contribution in [3.05, 3.63) is 65.2 Å². The monoisotopic (exact) mass is 567 g/mol. The predicted octanol–water partition coefficient (Wildman–Crippen LogP) is 8.13. The third-order valence-electron chi connectivity index (χ3n) is 7.75. The van der Waals surface area contributed by atoms with Crippen molar-refractivity contribution in [2.75, 3.05) is 36.5 Å². The molecule has 7 nitrogen and oxygen atoms in total. The van der Waals surface area contributed by atoms with E-state index >= 15 is 0 Å². The highest BCUT2D eigenvalue weighted by atomic mass is 16.5. The van der Waals surface area contributed by atoms with Gasteiger partial charge in [-0.3, -0.25) is 4.79 Å². The Morgan fingerprint density at radius 3 is 2.19 bits per heavy atom.